The third-order valence-corrected chi connectivity index (χ3v) is 5.43. The number of aromatic nitrogens is 1. The van der Waals surface area contributed by atoms with Gasteiger partial charge in [0.25, 0.3) is 11.7 Å². The monoisotopic (exact) mass is 412 g/mol. The van der Waals surface area contributed by atoms with Crippen molar-refractivity contribution in [1.29, 1.82) is 0 Å². The van der Waals surface area contributed by atoms with Crippen molar-refractivity contribution in [2.75, 3.05) is 11.9 Å². The summed E-state index contributed by atoms with van der Waals surface area (Å²) >= 11 is 0. The van der Waals surface area contributed by atoms with Crippen LogP contribution in [0.5, 0.6) is 5.75 Å². The maximum atomic E-state index is 13.3. The third-order valence-electron chi connectivity index (χ3n) is 5.43. The number of pyridine rings is 1. The highest BCUT2D eigenvalue weighted by Crippen LogP contribution is 2.30. The number of nitrogens with zero attached hydrogens (tertiary/aromatic N) is 1. The van der Waals surface area contributed by atoms with Gasteiger partial charge in [0.1, 0.15) is 11.4 Å². The van der Waals surface area contributed by atoms with Crippen LogP contribution in [0.15, 0.2) is 72.9 Å². The molecule has 1 amide bonds. The molecule has 5 heteroatoms. The number of aryl methyl sites for hydroxylation is 1. The average Bonchev–Trinajstić information content (AvgIpc) is 3.16. The average molecular weight is 412 g/mol. The molecule has 0 saturated carbocycles. The first-order valence-corrected chi connectivity index (χ1v) is 10.2. The molecule has 0 unspecified atom stereocenters. The first-order chi connectivity index (χ1) is 15.0. The maximum Gasteiger partial charge on any atom is 0.298 e. The summed E-state index contributed by atoms with van der Waals surface area (Å²) in [7, 11) is 0. The van der Waals surface area contributed by atoms with Crippen molar-refractivity contribution in [3.63, 3.8) is 0 Å². The number of hydrogen-bond donors (Lipinski definition) is 1. The molecule has 0 atom stereocenters. The summed E-state index contributed by atoms with van der Waals surface area (Å²) in [4.78, 5) is 26.3. The van der Waals surface area contributed by atoms with Gasteiger partial charge in [-0.1, -0.05) is 30.3 Å². The molecule has 156 valence electrons. The molecule has 31 heavy (non-hydrogen) atoms. The lowest BCUT2D eigenvalue weighted by Crippen LogP contribution is -2.25. The minimum Gasteiger partial charge on any atom is -0.494 e. The highest BCUT2D eigenvalue weighted by molar-refractivity contribution is 6.47. The van der Waals surface area contributed by atoms with Crippen LogP contribution < -0.4 is 10.1 Å². The van der Waals surface area contributed by atoms with Gasteiger partial charge in [-0.3, -0.25) is 9.59 Å². The zero-order valence-corrected chi connectivity index (χ0v) is 17.8. The Morgan fingerprint density at radius 2 is 1.74 bits per heavy atom. The van der Waals surface area contributed by atoms with E-state index in [-0.39, 0.29) is 0 Å². The van der Waals surface area contributed by atoms with Gasteiger partial charge in [0.2, 0.25) is 0 Å². The van der Waals surface area contributed by atoms with Gasteiger partial charge in [-0.25, -0.2) is 0 Å². The number of ether oxygens (including phenoxy) is 1. The van der Waals surface area contributed by atoms with Crippen LogP contribution in [-0.2, 0) is 4.79 Å². The fraction of sp³-hybridized carbons (Fsp3) is 0.154. The Morgan fingerprint density at radius 3 is 2.48 bits per heavy atom. The molecule has 0 spiro atoms. The topological polar surface area (TPSA) is 59.8 Å². The van der Waals surface area contributed by atoms with Gasteiger partial charge >= 0.3 is 0 Å². The molecule has 4 aromatic rings. The van der Waals surface area contributed by atoms with Crippen LogP contribution in [0.3, 0.4) is 0 Å². The van der Waals surface area contributed by atoms with E-state index in [1.54, 1.807) is 16.7 Å². The summed E-state index contributed by atoms with van der Waals surface area (Å²) in [5.74, 6) is -0.490. The lowest BCUT2D eigenvalue weighted by molar-refractivity contribution is -0.112. The molecule has 0 aliphatic heterocycles. The Kier molecular flexibility index (Phi) is 5.58. The van der Waals surface area contributed by atoms with Gasteiger partial charge in [-0.15, -0.1) is 0 Å². The summed E-state index contributed by atoms with van der Waals surface area (Å²) in [6, 6.07) is 20.8. The molecule has 2 heterocycles. The van der Waals surface area contributed by atoms with Gasteiger partial charge in [-0.2, -0.15) is 0 Å². The number of ketones is 1. The standard InChI is InChI=1S/C26H24N2O3/c1-4-31-21-13-11-19(12-14-21)22-16-20-9-5-6-15-28(20)24(22)25(29)26(30)27-23-10-7-8-17(2)18(23)3/h5-16H,4H2,1-3H3,(H,27,30). The number of fused-ring (bicyclic) bond motifs is 1. The number of carbonyl (C=O) groups excluding carboxylic acids is 2. The van der Waals surface area contributed by atoms with Crippen LogP contribution in [0.1, 0.15) is 28.5 Å². The number of amides is 1. The van der Waals surface area contributed by atoms with Crippen LogP contribution >= 0.6 is 0 Å². The van der Waals surface area contributed by atoms with Gasteiger partial charge in [0.15, 0.2) is 0 Å². The second kappa shape index (κ2) is 8.48. The summed E-state index contributed by atoms with van der Waals surface area (Å²) in [5, 5.41) is 2.79. The minimum atomic E-state index is -0.662. The predicted octanol–water partition coefficient (Wildman–Crippen LogP) is 5.44. The number of anilines is 1. The first kappa shape index (κ1) is 20.4. The largest absolute Gasteiger partial charge is 0.494 e. The number of Topliss-reactive ketones (excluding diaryl/α,β-unsaturated/α-hetero) is 1. The number of nitrogens with one attached hydrogen (secondary N) is 1. The van der Waals surface area contributed by atoms with E-state index in [2.05, 4.69) is 5.32 Å². The highest BCUT2D eigenvalue weighted by Gasteiger charge is 2.25. The zero-order valence-electron chi connectivity index (χ0n) is 17.8. The molecular weight excluding hydrogens is 388 g/mol. The molecule has 4 rings (SSSR count). The summed E-state index contributed by atoms with van der Waals surface area (Å²) in [6.07, 6.45) is 1.80. The molecule has 5 nitrogen and oxygen atoms in total. The molecular formula is C26H24N2O3. The SMILES string of the molecule is CCOc1ccc(-c2cc3ccccn3c2C(=O)C(=O)Nc2cccc(C)c2C)cc1. The molecule has 2 aromatic carbocycles. The fourth-order valence-corrected chi connectivity index (χ4v) is 3.65. The minimum absolute atomic E-state index is 0.336. The fourth-order valence-electron chi connectivity index (χ4n) is 3.65. The van der Waals surface area contributed by atoms with E-state index in [4.69, 9.17) is 4.74 Å². The molecule has 0 aliphatic rings. The van der Waals surface area contributed by atoms with E-state index in [1.807, 2.05) is 81.4 Å². The second-order valence-corrected chi connectivity index (χ2v) is 7.39. The molecule has 0 saturated heterocycles. The molecule has 2 aromatic heterocycles. The van der Waals surface area contributed by atoms with Crippen molar-refractivity contribution in [2.45, 2.75) is 20.8 Å². The summed E-state index contributed by atoms with van der Waals surface area (Å²) < 4.78 is 7.28. The molecule has 0 radical (unpaired) electrons. The van der Waals surface area contributed by atoms with Crippen LogP contribution in [0.4, 0.5) is 5.69 Å². The predicted molar refractivity (Wildman–Crippen MR) is 123 cm³/mol. The van der Waals surface area contributed by atoms with Crippen molar-refractivity contribution in [2.24, 2.45) is 0 Å². The quantitative estimate of drug-likeness (QED) is 0.339. The lowest BCUT2D eigenvalue weighted by atomic mass is 10.0. The number of carbonyl (C=O) groups is 2. The maximum absolute atomic E-state index is 13.3. The zero-order chi connectivity index (χ0) is 22.0. The second-order valence-electron chi connectivity index (χ2n) is 7.39. The van der Waals surface area contributed by atoms with Crippen molar-refractivity contribution in [1.82, 2.24) is 4.40 Å². The van der Waals surface area contributed by atoms with E-state index in [9.17, 15) is 9.59 Å². The van der Waals surface area contributed by atoms with Crippen LogP contribution in [0, 0.1) is 13.8 Å². The Balaban J connectivity index is 1.75. The van der Waals surface area contributed by atoms with E-state index in [1.165, 1.54) is 0 Å². The van der Waals surface area contributed by atoms with Gasteiger partial charge in [0.05, 0.1) is 6.61 Å². The number of benzene rings is 2. The molecule has 0 bridgehead atoms. The highest BCUT2D eigenvalue weighted by atomic mass is 16.5. The number of rotatable bonds is 6. The number of hydrogen-bond acceptors (Lipinski definition) is 3. The van der Waals surface area contributed by atoms with E-state index in [0.717, 1.165) is 28.0 Å². The van der Waals surface area contributed by atoms with Crippen molar-refractivity contribution in [3.05, 3.63) is 89.7 Å². The normalized spacial score (nSPS) is 10.8. The Morgan fingerprint density at radius 1 is 0.968 bits per heavy atom. The Bertz CT molecular complexity index is 1270. The Hall–Kier alpha value is -3.86. The smallest absolute Gasteiger partial charge is 0.298 e. The van der Waals surface area contributed by atoms with E-state index >= 15 is 0 Å². The van der Waals surface area contributed by atoms with Crippen molar-refractivity contribution in [3.8, 4) is 16.9 Å². The molecule has 0 fully saturated rings. The van der Waals surface area contributed by atoms with Crippen molar-refractivity contribution >= 4 is 22.9 Å². The van der Waals surface area contributed by atoms with Crippen LogP contribution in [0.2, 0.25) is 0 Å². The van der Waals surface area contributed by atoms with E-state index in [0.29, 0.717) is 23.6 Å². The molecule has 1 N–H and O–H groups in total. The van der Waals surface area contributed by atoms with Crippen molar-refractivity contribution < 1.29 is 14.3 Å². The van der Waals surface area contributed by atoms with Crippen LogP contribution in [0.25, 0.3) is 16.6 Å². The Labute approximate surface area is 181 Å². The van der Waals surface area contributed by atoms with Gasteiger partial charge in [0, 0.05) is 23.0 Å². The van der Waals surface area contributed by atoms with E-state index < -0.39 is 11.7 Å². The van der Waals surface area contributed by atoms with Gasteiger partial charge in [-0.05, 0) is 73.9 Å². The van der Waals surface area contributed by atoms with Crippen LogP contribution in [-0.4, -0.2) is 22.7 Å². The summed E-state index contributed by atoms with van der Waals surface area (Å²) in [6.45, 7) is 6.41. The lowest BCUT2D eigenvalue weighted by Gasteiger charge is -2.11. The third kappa shape index (κ3) is 3.94. The molecule has 0 aliphatic carbocycles. The first-order valence-electron chi connectivity index (χ1n) is 10.2. The summed E-state index contributed by atoms with van der Waals surface area (Å²) in [5.41, 5.74) is 5.35. The van der Waals surface area contributed by atoms with Gasteiger partial charge < -0.3 is 14.5 Å².